The number of hydrogen-bond donors (Lipinski definition) is 2. The topological polar surface area (TPSA) is 61.4 Å². The van der Waals surface area contributed by atoms with E-state index in [1.807, 2.05) is 49.9 Å². The van der Waals surface area contributed by atoms with Crippen molar-refractivity contribution in [2.45, 2.75) is 26.8 Å². The van der Waals surface area contributed by atoms with E-state index in [0.717, 1.165) is 16.3 Å². The lowest BCUT2D eigenvalue weighted by Gasteiger charge is -2.22. The van der Waals surface area contributed by atoms with Gasteiger partial charge in [0, 0.05) is 6.54 Å². The molecule has 1 unspecified atom stereocenters. The van der Waals surface area contributed by atoms with Crippen LogP contribution in [0.25, 0.3) is 10.8 Å². The Hall–Kier alpha value is -2.40. The SMILES string of the molecule is CCNC(=O)CN(CC)CC(=O)NC(C)c1cccc2ccccc12. The molecule has 2 aromatic carbocycles. The number of likely N-dealkylation sites (N-methyl/N-ethyl adjacent to an activating group) is 2. The zero-order valence-electron chi connectivity index (χ0n) is 15.2. The van der Waals surface area contributed by atoms with Gasteiger partial charge in [-0.05, 0) is 36.7 Å². The van der Waals surface area contributed by atoms with Crippen molar-refractivity contribution in [3.8, 4) is 0 Å². The van der Waals surface area contributed by atoms with Crippen molar-refractivity contribution in [2.24, 2.45) is 0 Å². The number of nitrogens with one attached hydrogen (secondary N) is 2. The molecule has 2 rings (SSSR count). The third-order valence-electron chi connectivity index (χ3n) is 4.22. The summed E-state index contributed by atoms with van der Waals surface area (Å²) in [4.78, 5) is 25.9. The summed E-state index contributed by atoms with van der Waals surface area (Å²) in [7, 11) is 0. The van der Waals surface area contributed by atoms with E-state index >= 15 is 0 Å². The molecular weight excluding hydrogens is 314 g/mol. The first kappa shape index (κ1) is 18.9. The summed E-state index contributed by atoms with van der Waals surface area (Å²) < 4.78 is 0. The van der Waals surface area contributed by atoms with Crippen LogP contribution < -0.4 is 10.6 Å². The van der Waals surface area contributed by atoms with Gasteiger partial charge in [0.2, 0.25) is 11.8 Å². The largest absolute Gasteiger partial charge is 0.355 e. The van der Waals surface area contributed by atoms with E-state index in [1.165, 1.54) is 0 Å². The number of hydrogen-bond acceptors (Lipinski definition) is 3. The van der Waals surface area contributed by atoms with Crippen LogP contribution in [-0.4, -0.2) is 42.9 Å². The van der Waals surface area contributed by atoms with Crippen LogP contribution in [0.15, 0.2) is 42.5 Å². The number of benzene rings is 2. The highest BCUT2D eigenvalue weighted by atomic mass is 16.2. The van der Waals surface area contributed by atoms with Gasteiger partial charge in [-0.1, -0.05) is 49.4 Å². The molecule has 0 aliphatic rings. The molecule has 0 aromatic heterocycles. The lowest BCUT2D eigenvalue weighted by molar-refractivity contribution is -0.125. The molecule has 0 saturated carbocycles. The Bertz CT molecular complexity index is 724. The molecule has 2 aromatic rings. The molecule has 0 radical (unpaired) electrons. The van der Waals surface area contributed by atoms with Crippen LogP contribution in [0.4, 0.5) is 0 Å². The number of nitrogens with zero attached hydrogens (tertiary/aromatic N) is 1. The van der Waals surface area contributed by atoms with Crippen LogP contribution in [0.1, 0.15) is 32.4 Å². The molecule has 0 fully saturated rings. The average Bonchev–Trinajstić information content (AvgIpc) is 2.60. The summed E-state index contributed by atoms with van der Waals surface area (Å²) in [6, 6.07) is 14.2. The Labute approximate surface area is 149 Å². The monoisotopic (exact) mass is 341 g/mol. The van der Waals surface area contributed by atoms with Gasteiger partial charge in [0.05, 0.1) is 19.1 Å². The van der Waals surface area contributed by atoms with Crippen molar-refractivity contribution in [3.05, 3.63) is 48.0 Å². The fourth-order valence-electron chi connectivity index (χ4n) is 2.93. The van der Waals surface area contributed by atoms with Crippen molar-refractivity contribution in [3.63, 3.8) is 0 Å². The van der Waals surface area contributed by atoms with Gasteiger partial charge < -0.3 is 10.6 Å². The predicted octanol–water partition coefficient (Wildman–Crippen LogP) is 2.48. The van der Waals surface area contributed by atoms with E-state index in [-0.39, 0.29) is 30.9 Å². The molecule has 5 heteroatoms. The standard InChI is InChI=1S/C20H27N3O2/c1-4-21-19(24)13-23(5-2)14-20(25)22-15(3)17-12-8-10-16-9-6-7-11-18(16)17/h6-12,15H,4-5,13-14H2,1-3H3,(H,21,24)(H,22,25). The molecule has 0 saturated heterocycles. The molecule has 25 heavy (non-hydrogen) atoms. The number of carbonyl (C=O) groups is 2. The zero-order chi connectivity index (χ0) is 18.2. The Morgan fingerprint density at radius 2 is 1.68 bits per heavy atom. The second-order valence-corrected chi connectivity index (χ2v) is 6.11. The lowest BCUT2D eigenvalue weighted by Crippen LogP contribution is -2.43. The molecule has 0 aliphatic heterocycles. The van der Waals surface area contributed by atoms with Crippen LogP contribution >= 0.6 is 0 Å². The molecule has 2 N–H and O–H groups in total. The minimum atomic E-state index is -0.0956. The lowest BCUT2D eigenvalue weighted by atomic mass is 10.00. The summed E-state index contributed by atoms with van der Waals surface area (Å²) in [5, 5.41) is 8.11. The third-order valence-corrected chi connectivity index (χ3v) is 4.22. The van der Waals surface area contributed by atoms with E-state index in [9.17, 15) is 9.59 Å². The van der Waals surface area contributed by atoms with E-state index in [0.29, 0.717) is 13.1 Å². The molecule has 1 atom stereocenters. The first-order chi connectivity index (χ1) is 12.0. The Kier molecular flexibility index (Phi) is 6.95. The number of rotatable bonds is 8. The van der Waals surface area contributed by atoms with Crippen molar-refractivity contribution < 1.29 is 9.59 Å². The second-order valence-electron chi connectivity index (χ2n) is 6.11. The van der Waals surface area contributed by atoms with Crippen molar-refractivity contribution in [1.29, 1.82) is 0 Å². The maximum absolute atomic E-state index is 12.4. The summed E-state index contributed by atoms with van der Waals surface area (Å²) in [6.07, 6.45) is 0. The molecule has 134 valence electrons. The maximum atomic E-state index is 12.4. The zero-order valence-corrected chi connectivity index (χ0v) is 15.2. The summed E-state index contributed by atoms with van der Waals surface area (Å²) in [5.41, 5.74) is 1.10. The van der Waals surface area contributed by atoms with Crippen molar-refractivity contribution >= 4 is 22.6 Å². The second kappa shape index (κ2) is 9.18. The van der Waals surface area contributed by atoms with Gasteiger partial charge in [0.25, 0.3) is 0 Å². The van der Waals surface area contributed by atoms with Crippen LogP contribution in [0.5, 0.6) is 0 Å². The van der Waals surface area contributed by atoms with Gasteiger partial charge in [-0.25, -0.2) is 0 Å². The van der Waals surface area contributed by atoms with Crippen LogP contribution in [0.3, 0.4) is 0 Å². The van der Waals surface area contributed by atoms with Gasteiger partial charge in [-0.3, -0.25) is 14.5 Å². The number of fused-ring (bicyclic) bond motifs is 1. The minimum Gasteiger partial charge on any atom is -0.355 e. The molecule has 2 amide bonds. The van der Waals surface area contributed by atoms with Crippen molar-refractivity contribution in [1.82, 2.24) is 15.5 Å². The quantitative estimate of drug-likeness (QED) is 0.775. The first-order valence-corrected chi connectivity index (χ1v) is 8.81. The summed E-state index contributed by atoms with van der Waals surface area (Å²) in [5.74, 6) is -0.133. The van der Waals surface area contributed by atoms with Gasteiger partial charge >= 0.3 is 0 Å². The van der Waals surface area contributed by atoms with Crippen LogP contribution in [-0.2, 0) is 9.59 Å². The number of carbonyl (C=O) groups excluding carboxylic acids is 2. The Morgan fingerprint density at radius 1 is 1.00 bits per heavy atom. The third kappa shape index (κ3) is 5.29. The number of amides is 2. The highest BCUT2D eigenvalue weighted by Gasteiger charge is 2.16. The molecule has 0 bridgehead atoms. The maximum Gasteiger partial charge on any atom is 0.234 e. The average molecular weight is 341 g/mol. The summed E-state index contributed by atoms with van der Waals surface area (Å²) >= 11 is 0. The van der Waals surface area contributed by atoms with Crippen molar-refractivity contribution in [2.75, 3.05) is 26.2 Å². The molecular formula is C20H27N3O2. The first-order valence-electron chi connectivity index (χ1n) is 8.81. The summed E-state index contributed by atoms with van der Waals surface area (Å²) in [6.45, 7) is 7.50. The molecule has 0 aliphatic carbocycles. The van der Waals surface area contributed by atoms with E-state index in [4.69, 9.17) is 0 Å². The van der Waals surface area contributed by atoms with Gasteiger partial charge in [-0.15, -0.1) is 0 Å². The fourth-order valence-corrected chi connectivity index (χ4v) is 2.93. The Balaban J connectivity index is 2.00. The smallest absolute Gasteiger partial charge is 0.234 e. The van der Waals surface area contributed by atoms with E-state index in [2.05, 4.69) is 28.8 Å². The molecule has 0 heterocycles. The molecule has 5 nitrogen and oxygen atoms in total. The van der Waals surface area contributed by atoms with Gasteiger partial charge in [-0.2, -0.15) is 0 Å². The van der Waals surface area contributed by atoms with E-state index in [1.54, 1.807) is 0 Å². The van der Waals surface area contributed by atoms with Gasteiger partial charge in [0.1, 0.15) is 0 Å². The minimum absolute atomic E-state index is 0.0562. The predicted molar refractivity (Wildman–Crippen MR) is 101 cm³/mol. The fraction of sp³-hybridized carbons (Fsp3) is 0.400. The normalized spacial score (nSPS) is 12.2. The van der Waals surface area contributed by atoms with E-state index < -0.39 is 0 Å². The Morgan fingerprint density at radius 3 is 2.40 bits per heavy atom. The highest BCUT2D eigenvalue weighted by molar-refractivity contribution is 5.87. The highest BCUT2D eigenvalue weighted by Crippen LogP contribution is 2.23. The molecule has 0 spiro atoms. The van der Waals surface area contributed by atoms with Crippen LogP contribution in [0, 0.1) is 0 Å². The van der Waals surface area contributed by atoms with Gasteiger partial charge in [0.15, 0.2) is 0 Å². The van der Waals surface area contributed by atoms with Crippen LogP contribution in [0.2, 0.25) is 0 Å².